The highest BCUT2D eigenvalue weighted by Crippen LogP contribution is 2.37. The van der Waals surface area contributed by atoms with Gasteiger partial charge in [-0.05, 0) is 89.8 Å². The molecule has 0 aliphatic carbocycles. The number of H-pyrrole nitrogens is 2. The fourth-order valence-electron chi connectivity index (χ4n) is 7.78. The van der Waals surface area contributed by atoms with E-state index in [1.54, 1.807) is 35.2 Å². The molecule has 2 aliphatic heterocycles. The number of piperidine rings is 2. The lowest BCUT2D eigenvalue weighted by molar-refractivity contribution is 0.00752. The van der Waals surface area contributed by atoms with Crippen LogP contribution in [-0.4, -0.2) is 107 Å². The van der Waals surface area contributed by atoms with Crippen LogP contribution in [0.15, 0.2) is 48.8 Å². The van der Waals surface area contributed by atoms with E-state index in [0.29, 0.717) is 49.4 Å². The van der Waals surface area contributed by atoms with E-state index >= 15 is 0 Å². The number of nitrogens with two attached hydrogens (primary N) is 2. The van der Waals surface area contributed by atoms with Crippen LogP contribution >= 0.6 is 0 Å². The van der Waals surface area contributed by atoms with E-state index in [9.17, 15) is 24.3 Å². The van der Waals surface area contributed by atoms with Gasteiger partial charge in [-0.25, -0.2) is 9.59 Å². The Kier molecular flexibility index (Phi) is 12.5. The summed E-state index contributed by atoms with van der Waals surface area (Å²) in [6.45, 7) is 13.8. The Balaban J connectivity index is 0.000000211. The van der Waals surface area contributed by atoms with Gasteiger partial charge in [0.15, 0.2) is 0 Å². The molecule has 6 rings (SSSR count). The van der Waals surface area contributed by atoms with Gasteiger partial charge in [-0.3, -0.25) is 9.59 Å². The van der Waals surface area contributed by atoms with Crippen LogP contribution in [0.4, 0.5) is 9.59 Å². The third kappa shape index (κ3) is 9.97. The summed E-state index contributed by atoms with van der Waals surface area (Å²) in [5, 5.41) is 11.6. The van der Waals surface area contributed by atoms with Crippen LogP contribution in [0, 0.1) is 11.8 Å². The maximum Gasteiger partial charge on any atom is 0.410 e. The van der Waals surface area contributed by atoms with Gasteiger partial charge in [0.05, 0.1) is 28.8 Å². The average molecular weight is 761 g/mol. The number of carbonyl (C=O) groups is 4. The summed E-state index contributed by atoms with van der Waals surface area (Å²) >= 11 is 0. The Bertz CT molecular complexity index is 2010. The number of fused-ring (bicyclic) bond motifs is 2. The lowest BCUT2D eigenvalue weighted by Gasteiger charge is -2.38. The van der Waals surface area contributed by atoms with Crippen molar-refractivity contribution in [2.75, 3.05) is 46.5 Å². The Labute approximate surface area is 321 Å². The number of hydrogen-bond donors (Lipinski definition) is 5. The molecule has 0 bridgehead atoms. The standard InChI is InChI=1S/C21H29N3O4.C20H27N3O4/c1-21(2,3)28-20(26)24-10-13(12-27-4)9-14(11-24)15-5-6-17(19(22)25)18-16(15)7-8-23-18;1-20(2,3)27-19(26)23-9-12(11-24)8-13(10-23)14-4-5-16(18(21)25)17-15(14)6-7-22-17/h5-8,13-14,23H,9-12H2,1-4H3,(H2,22,25);4-7,12-13,22,24H,8-11H2,1-3H3,(H2,21,25). The number of rotatable bonds is 7. The first-order valence-corrected chi connectivity index (χ1v) is 18.7. The number of carbonyl (C=O) groups excluding carboxylic acids is 4. The van der Waals surface area contributed by atoms with Gasteiger partial charge in [0.1, 0.15) is 11.2 Å². The van der Waals surface area contributed by atoms with Crippen LogP contribution in [-0.2, 0) is 14.2 Å². The van der Waals surface area contributed by atoms with Gasteiger partial charge in [0, 0.05) is 86.7 Å². The summed E-state index contributed by atoms with van der Waals surface area (Å²) in [7, 11) is 1.67. The average Bonchev–Trinajstić information content (AvgIpc) is 3.80. The number of amides is 4. The molecule has 2 saturated heterocycles. The van der Waals surface area contributed by atoms with Crippen LogP contribution in [0.2, 0.25) is 0 Å². The molecular formula is C41H56N6O8. The van der Waals surface area contributed by atoms with Crippen molar-refractivity contribution in [1.29, 1.82) is 0 Å². The molecule has 0 saturated carbocycles. The van der Waals surface area contributed by atoms with Gasteiger partial charge in [-0.2, -0.15) is 0 Å². The molecular weight excluding hydrogens is 704 g/mol. The topological polar surface area (TPSA) is 206 Å². The predicted octanol–water partition coefficient (Wildman–Crippen LogP) is 5.85. The first kappa shape index (κ1) is 41.1. The Morgan fingerprint density at radius 1 is 0.691 bits per heavy atom. The number of nitrogens with zero attached hydrogens (tertiary/aromatic N) is 2. The van der Waals surface area contributed by atoms with Crippen molar-refractivity contribution < 1.29 is 38.5 Å². The molecule has 14 nitrogen and oxygen atoms in total. The summed E-state index contributed by atoms with van der Waals surface area (Å²) in [4.78, 5) is 58.3. The zero-order valence-corrected chi connectivity index (χ0v) is 32.9. The van der Waals surface area contributed by atoms with E-state index in [1.807, 2.05) is 72.0 Å². The van der Waals surface area contributed by atoms with Crippen LogP contribution in [0.3, 0.4) is 0 Å². The first-order valence-electron chi connectivity index (χ1n) is 18.7. The number of nitrogens with one attached hydrogen (secondary N) is 2. The molecule has 2 aromatic carbocycles. The smallest absolute Gasteiger partial charge is 0.410 e. The highest BCUT2D eigenvalue weighted by molar-refractivity contribution is 6.06. The maximum atomic E-state index is 12.7. The molecule has 4 amide bonds. The predicted molar refractivity (Wildman–Crippen MR) is 210 cm³/mol. The SMILES string of the molecule is CC(C)(C)OC(=O)N1CC(CO)CC(c2ccc(C(N)=O)c3[nH]ccc23)C1.COCC1CC(c2ccc(C(N)=O)c3[nH]ccc23)CN(C(=O)OC(C)(C)C)C1. The summed E-state index contributed by atoms with van der Waals surface area (Å²) in [5.74, 6) is -0.621. The highest BCUT2D eigenvalue weighted by Gasteiger charge is 2.35. The normalized spacial score (nSPS) is 20.5. The molecule has 55 heavy (non-hydrogen) atoms. The fourth-order valence-corrected chi connectivity index (χ4v) is 7.78. The fraction of sp³-hybridized carbons (Fsp3) is 0.512. The Morgan fingerprint density at radius 3 is 1.49 bits per heavy atom. The largest absolute Gasteiger partial charge is 0.444 e. The Hall–Kier alpha value is -5.08. The number of benzene rings is 2. The number of aromatic amines is 2. The number of aliphatic hydroxyl groups is 1. The van der Waals surface area contributed by atoms with Gasteiger partial charge in [-0.1, -0.05) is 12.1 Å². The number of hydrogen-bond acceptors (Lipinski definition) is 8. The lowest BCUT2D eigenvalue weighted by Crippen LogP contribution is -2.46. The van der Waals surface area contributed by atoms with Crippen LogP contribution in [0.1, 0.15) is 98.1 Å². The minimum atomic E-state index is -0.574. The molecule has 7 N–H and O–H groups in total. The molecule has 2 fully saturated rings. The first-order chi connectivity index (χ1) is 25.9. The summed E-state index contributed by atoms with van der Waals surface area (Å²) in [5.41, 5.74) is 14.3. The van der Waals surface area contributed by atoms with Gasteiger partial charge < -0.3 is 50.6 Å². The van der Waals surface area contributed by atoms with E-state index in [1.165, 1.54) is 0 Å². The number of aliphatic hydroxyl groups excluding tert-OH is 1. The zero-order valence-electron chi connectivity index (χ0n) is 32.9. The van der Waals surface area contributed by atoms with E-state index in [2.05, 4.69) is 9.97 Å². The number of ether oxygens (including phenoxy) is 3. The number of aromatic nitrogens is 2. The third-order valence-electron chi connectivity index (χ3n) is 9.96. The second-order valence-corrected chi connectivity index (χ2v) is 16.7. The van der Waals surface area contributed by atoms with Gasteiger partial charge >= 0.3 is 12.2 Å². The second kappa shape index (κ2) is 16.7. The molecule has 4 aromatic rings. The van der Waals surface area contributed by atoms with Gasteiger partial charge in [-0.15, -0.1) is 0 Å². The molecule has 4 unspecified atom stereocenters. The maximum absolute atomic E-state index is 12.7. The van der Waals surface area contributed by atoms with Crippen molar-refractivity contribution in [1.82, 2.24) is 19.8 Å². The van der Waals surface area contributed by atoms with Crippen molar-refractivity contribution >= 4 is 45.8 Å². The quantitative estimate of drug-likeness (QED) is 0.154. The molecule has 4 atom stereocenters. The van der Waals surface area contributed by atoms with E-state index in [4.69, 9.17) is 25.7 Å². The van der Waals surface area contributed by atoms with Crippen LogP contribution < -0.4 is 11.5 Å². The minimum Gasteiger partial charge on any atom is -0.444 e. The number of likely N-dealkylation sites (tertiary alicyclic amines) is 2. The molecule has 2 aliphatic rings. The van der Waals surface area contributed by atoms with Crippen LogP contribution in [0.5, 0.6) is 0 Å². The molecule has 0 spiro atoms. The molecule has 4 heterocycles. The van der Waals surface area contributed by atoms with Crippen LogP contribution in [0.25, 0.3) is 21.8 Å². The van der Waals surface area contributed by atoms with Crippen molar-refractivity contribution in [2.24, 2.45) is 23.3 Å². The van der Waals surface area contributed by atoms with Crippen molar-refractivity contribution in [3.63, 3.8) is 0 Å². The van der Waals surface area contributed by atoms with E-state index in [-0.39, 0.29) is 42.5 Å². The summed E-state index contributed by atoms with van der Waals surface area (Å²) in [6.07, 6.45) is 4.55. The van der Waals surface area contributed by atoms with Gasteiger partial charge in [0.25, 0.3) is 11.8 Å². The van der Waals surface area contributed by atoms with Crippen molar-refractivity contribution in [3.05, 3.63) is 71.0 Å². The summed E-state index contributed by atoms with van der Waals surface area (Å²) in [6, 6.07) is 11.2. The Morgan fingerprint density at radius 2 is 1.11 bits per heavy atom. The zero-order chi connectivity index (χ0) is 40.2. The monoisotopic (exact) mass is 760 g/mol. The third-order valence-corrected chi connectivity index (χ3v) is 9.96. The van der Waals surface area contributed by atoms with E-state index in [0.717, 1.165) is 40.3 Å². The second-order valence-electron chi connectivity index (χ2n) is 16.7. The highest BCUT2D eigenvalue weighted by atomic mass is 16.6. The molecule has 0 radical (unpaired) electrons. The van der Waals surface area contributed by atoms with E-state index < -0.39 is 23.0 Å². The number of primary amides is 2. The van der Waals surface area contributed by atoms with Crippen molar-refractivity contribution in [2.45, 2.75) is 77.4 Å². The molecule has 298 valence electrons. The molecule has 2 aromatic heterocycles. The van der Waals surface area contributed by atoms with Gasteiger partial charge in [0.2, 0.25) is 0 Å². The lowest BCUT2D eigenvalue weighted by atomic mass is 9.83. The number of methoxy groups -OCH3 is 1. The van der Waals surface area contributed by atoms with Crippen molar-refractivity contribution in [3.8, 4) is 0 Å². The minimum absolute atomic E-state index is 0.00540. The summed E-state index contributed by atoms with van der Waals surface area (Å²) < 4.78 is 16.5. The molecule has 14 heteroatoms.